The molecule has 9 nitrogen and oxygen atoms in total. The van der Waals surface area contributed by atoms with E-state index in [9.17, 15) is 13.2 Å². The molecule has 224 valence electrons. The molecule has 4 N–H and O–H groups in total. The minimum atomic E-state index is -3.64. The van der Waals surface area contributed by atoms with Crippen molar-refractivity contribution in [1.29, 1.82) is 0 Å². The number of amides is 1. The summed E-state index contributed by atoms with van der Waals surface area (Å²) in [5.41, 5.74) is 9.93. The van der Waals surface area contributed by atoms with Crippen LogP contribution in [0.1, 0.15) is 40.2 Å². The largest absolute Gasteiger partial charge is 0.350 e. The summed E-state index contributed by atoms with van der Waals surface area (Å²) in [6, 6.07) is 19.1. The van der Waals surface area contributed by atoms with Crippen molar-refractivity contribution in [3.05, 3.63) is 93.9 Å². The molecular weight excluding hydrogens is 581 g/mol. The fourth-order valence-corrected chi connectivity index (χ4v) is 7.72. The zero-order valence-electron chi connectivity index (χ0n) is 24.1. The second kappa shape index (κ2) is 12.5. The number of nitrogens with two attached hydrogens (primary N) is 1. The topological polar surface area (TPSA) is 122 Å². The fraction of sp³-hybridized carbons (Fsp3) is 0.312. The number of fused-ring (bicyclic) bond motifs is 2. The number of sulfonamides is 1. The molecule has 1 amide bonds. The Bertz CT molecular complexity index is 1860. The summed E-state index contributed by atoms with van der Waals surface area (Å²) in [5.74, 6) is 0.194. The van der Waals surface area contributed by atoms with Crippen LogP contribution < -0.4 is 15.8 Å². The highest BCUT2D eigenvalue weighted by Gasteiger charge is 2.22. The number of carbonyl (C=O) groups is 1. The molecule has 3 aromatic heterocycles. The molecule has 1 saturated heterocycles. The molecule has 11 heteroatoms. The van der Waals surface area contributed by atoms with Crippen LogP contribution in [-0.2, 0) is 28.9 Å². The number of likely N-dealkylation sites (tertiary alicyclic amines) is 1. The van der Waals surface area contributed by atoms with Gasteiger partial charge in [-0.25, -0.2) is 13.4 Å². The third kappa shape index (κ3) is 6.75. The lowest BCUT2D eigenvalue weighted by Crippen LogP contribution is -2.37. The van der Waals surface area contributed by atoms with Gasteiger partial charge in [-0.15, -0.1) is 0 Å². The maximum Gasteiger partial charge on any atom is 0.268 e. The van der Waals surface area contributed by atoms with Crippen molar-refractivity contribution >= 4 is 54.8 Å². The maximum atomic E-state index is 13.7. The predicted molar refractivity (Wildman–Crippen MR) is 174 cm³/mol. The molecular formula is C32H36N6O3S2. The molecule has 1 fully saturated rings. The molecule has 6 rings (SSSR count). The lowest BCUT2D eigenvalue weighted by atomic mass is 9.97. The van der Waals surface area contributed by atoms with E-state index in [1.807, 2.05) is 76.0 Å². The van der Waals surface area contributed by atoms with Crippen molar-refractivity contribution in [2.45, 2.75) is 31.7 Å². The Morgan fingerprint density at radius 2 is 1.88 bits per heavy atom. The Balaban J connectivity index is 1.35. The minimum absolute atomic E-state index is 0.103. The number of pyridine rings is 1. The Hall–Kier alpha value is -3.77. The molecule has 1 aliphatic rings. The van der Waals surface area contributed by atoms with Gasteiger partial charge in [0.15, 0.2) is 0 Å². The average Bonchev–Trinajstić information content (AvgIpc) is 3.63. The van der Waals surface area contributed by atoms with Crippen molar-refractivity contribution in [3.8, 4) is 0 Å². The molecule has 2 aromatic carbocycles. The quantitative estimate of drug-likeness (QED) is 0.208. The normalized spacial score (nSPS) is 14.8. The number of nitrogens with zero attached hydrogens (tertiary/aromatic N) is 3. The Labute approximate surface area is 255 Å². The van der Waals surface area contributed by atoms with Gasteiger partial charge in [0.1, 0.15) is 11.3 Å². The summed E-state index contributed by atoms with van der Waals surface area (Å²) >= 11 is 1.47. The van der Waals surface area contributed by atoms with Crippen molar-refractivity contribution in [2.24, 2.45) is 11.7 Å². The zero-order chi connectivity index (χ0) is 30.0. The van der Waals surface area contributed by atoms with Crippen molar-refractivity contribution in [1.82, 2.24) is 19.8 Å². The summed E-state index contributed by atoms with van der Waals surface area (Å²) in [6.45, 7) is 3.30. The van der Waals surface area contributed by atoms with E-state index in [1.54, 1.807) is 0 Å². The number of carbonyl (C=O) groups excluding carboxylic acids is 1. The van der Waals surface area contributed by atoms with Crippen LogP contribution in [-0.4, -0.2) is 55.5 Å². The lowest BCUT2D eigenvalue weighted by Gasteiger charge is -2.29. The Morgan fingerprint density at radius 1 is 1.07 bits per heavy atom. The molecule has 43 heavy (non-hydrogen) atoms. The van der Waals surface area contributed by atoms with Gasteiger partial charge in [0.2, 0.25) is 10.0 Å². The van der Waals surface area contributed by atoms with Crippen LogP contribution in [0.4, 0.5) is 5.69 Å². The lowest BCUT2D eigenvalue weighted by molar-refractivity contribution is 0.0930. The summed E-state index contributed by atoms with van der Waals surface area (Å²) < 4.78 is 30.8. The first-order valence-electron chi connectivity index (χ1n) is 14.5. The molecule has 0 atom stereocenters. The van der Waals surface area contributed by atoms with Crippen LogP contribution >= 0.6 is 11.3 Å². The molecule has 0 unspecified atom stereocenters. The molecule has 0 bridgehead atoms. The second-order valence-corrected chi connectivity index (χ2v) is 13.8. The van der Waals surface area contributed by atoms with Gasteiger partial charge in [-0.1, -0.05) is 24.3 Å². The number of aromatic nitrogens is 2. The first kappa shape index (κ1) is 29.3. The number of benzene rings is 2. The van der Waals surface area contributed by atoms with E-state index in [-0.39, 0.29) is 18.2 Å². The van der Waals surface area contributed by atoms with Crippen LogP contribution in [0.5, 0.6) is 0 Å². The van der Waals surface area contributed by atoms with Crippen molar-refractivity contribution < 1.29 is 13.2 Å². The van der Waals surface area contributed by atoms with E-state index in [4.69, 9.17) is 10.7 Å². The van der Waals surface area contributed by atoms with Gasteiger partial charge in [-0.05, 0) is 108 Å². The van der Waals surface area contributed by atoms with Crippen LogP contribution in [0.25, 0.3) is 21.8 Å². The number of hydrogen-bond donors (Lipinski definition) is 3. The number of thiophene rings is 1. The van der Waals surface area contributed by atoms with Crippen LogP contribution in [0.2, 0.25) is 0 Å². The van der Waals surface area contributed by atoms with Gasteiger partial charge in [-0.2, -0.15) is 11.3 Å². The zero-order valence-corrected chi connectivity index (χ0v) is 25.8. The highest BCUT2D eigenvalue weighted by molar-refractivity contribution is 7.91. The summed E-state index contributed by atoms with van der Waals surface area (Å²) in [7, 11) is -1.51. The third-order valence-corrected chi connectivity index (χ3v) is 10.1. The summed E-state index contributed by atoms with van der Waals surface area (Å²) in [6.07, 6.45) is 2.12. The van der Waals surface area contributed by atoms with Gasteiger partial charge in [0, 0.05) is 24.2 Å². The Kier molecular flexibility index (Phi) is 8.49. The van der Waals surface area contributed by atoms with E-state index >= 15 is 0 Å². The van der Waals surface area contributed by atoms with Crippen LogP contribution in [0, 0.1) is 5.92 Å². The first-order valence-corrected chi connectivity index (χ1v) is 17.1. The molecule has 0 saturated carbocycles. The fourth-order valence-electron chi connectivity index (χ4n) is 5.78. The average molecular weight is 617 g/mol. The van der Waals surface area contributed by atoms with Gasteiger partial charge in [0.25, 0.3) is 5.91 Å². The third-order valence-electron chi connectivity index (χ3n) is 8.12. The van der Waals surface area contributed by atoms with Crippen molar-refractivity contribution in [3.63, 3.8) is 0 Å². The summed E-state index contributed by atoms with van der Waals surface area (Å²) in [5, 5.41) is 9.60. The minimum Gasteiger partial charge on any atom is -0.350 e. The molecule has 0 aliphatic carbocycles. The number of nitrogens with one attached hydrogen (secondary N) is 2. The SMILES string of the molecule is CN1CCC(CNC(=O)c2cc3ccc(CN)nc3n2Cc2cc(NS(=O)(=O)Cc3ccsc3)cc3ccccc23)CC1. The standard InChI is InChI=1S/C32H36N6O3S2/c1-37-11-8-22(9-12-37)18-34-32(39)30-16-25-6-7-27(17-33)35-31(25)38(30)19-26-15-28(14-24-4-2-3-5-29(24)26)36-43(40,41)21-23-10-13-42-20-23/h2-7,10,13-16,20,22,36H,8-9,11-12,17-19,21,33H2,1H3,(H,34,39). The molecule has 4 heterocycles. The highest BCUT2D eigenvalue weighted by atomic mass is 32.2. The van der Waals surface area contributed by atoms with Crippen LogP contribution in [0.3, 0.4) is 0 Å². The van der Waals surface area contributed by atoms with Crippen molar-refractivity contribution in [2.75, 3.05) is 31.4 Å². The number of piperidine rings is 1. The molecule has 1 aliphatic heterocycles. The second-order valence-electron chi connectivity index (χ2n) is 11.3. The van der Waals surface area contributed by atoms with Crippen LogP contribution in [0.15, 0.2) is 71.4 Å². The number of rotatable bonds is 10. The highest BCUT2D eigenvalue weighted by Crippen LogP contribution is 2.29. The van der Waals surface area contributed by atoms with Gasteiger partial charge < -0.3 is 20.5 Å². The molecule has 0 radical (unpaired) electrons. The monoisotopic (exact) mass is 616 g/mol. The molecule has 0 spiro atoms. The van der Waals surface area contributed by atoms with Gasteiger partial charge in [-0.3, -0.25) is 9.52 Å². The van der Waals surface area contributed by atoms with E-state index in [0.29, 0.717) is 36.0 Å². The van der Waals surface area contributed by atoms with E-state index < -0.39 is 10.0 Å². The smallest absolute Gasteiger partial charge is 0.268 e. The summed E-state index contributed by atoms with van der Waals surface area (Å²) in [4.78, 5) is 20.8. The Morgan fingerprint density at radius 3 is 2.65 bits per heavy atom. The first-order chi connectivity index (χ1) is 20.8. The number of hydrogen-bond acceptors (Lipinski definition) is 7. The van der Waals surface area contributed by atoms with E-state index in [0.717, 1.165) is 58.9 Å². The van der Waals surface area contributed by atoms with E-state index in [2.05, 4.69) is 22.0 Å². The maximum absolute atomic E-state index is 13.7. The van der Waals surface area contributed by atoms with E-state index in [1.165, 1.54) is 11.3 Å². The van der Waals surface area contributed by atoms with Gasteiger partial charge in [0.05, 0.1) is 18.0 Å². The predicted octanol–water partition coefficient (Wildman–Crippen LogP) is 4.77. The molecule has 5 aromatic rings. The van der Waals surface area contributed by atoms with Gasteiger partial charge >= 0.3 is 0 Å². The number of anilines is 1.